The number of hydrogen-bond acceptors (Lipinski definition) is 4. The van der Waals surface area contributed by atoms with E-state index in [9.17, 15) is 0 Å². The molecule has 2 heterocycles. The Morgan fingerprint density at radius 1 is 1.36 bits per heavy atom. The van der Waals surface area contributed by atoms with Gasteiger partial charge in [0.25, 0.3) is 0 Å². The van der Waals surface area contributed by atoms with Gasteiger partial charge in [-0.05, 0) is 31.6 Å². The van der Waals surface area contributed by atoms with Crippen LogP contribution in [0.4, 0.5) is 0 Å². The number of halogens is 1. The van der Waals surface area contributed by atoms with Gasteiger partial charge < -0.3 is 14.7 Å². The number of nitrogens with one attached hydrogen (secondary N) is 1. The molecule has 0 spiro atoms. The molecule has 1 aromatic rings. The molecule has 1 N–H and O–H groups in total. The molecule has 1 unspecified atom stereocenters. The summed E-state index contributed by atoms with van der Waals surface area (Å²) in [5.74, 6) is 4.33. The van der Waals surface area contributed by atoms with Gasteiger partial charge in [-0.25, -0.2) is 0 Å². The fraction of sp³-hybridized carbons (Fsp3) is 0.833. The first kappa shape index (κ1) is 22.2. The summed E-state index contributed by atoms with van der Waals surface area (Å²) in [6.45, 7) is 14.6. The number of aromatic nitrogens is 2. The first-order chi connectivity index (χ1) is 11.5. The molecule has 1 fully saturated rings. The maximum Gasteiger partial charge on any atom is 0.228 e. The molecule has 144 valence electrons. The number of hydrogen-bond donors (Lipinski definition) is 1. The monoisotopic (exact) mass is 463 g/mol. The maximum atomic E-state index is 5.29. The van der Waals surface area contributed by atoms with Crippen molar-refractivity contribution in [2.24, 2.45) is 16.8 Å². The minimum Gasteiger partial charge on any atom is -0.357 e. The Kier molecular flexibility index (Phi) is 9.74. The zero-order chi connectivity index (χ0) is 17.5. The van der Waals surface area contributed by atoms with Gasteiger partial charge in [0.2, 0.25) is 5.89 Å². The Hall–Kier alpha value is -0.860. The molecule has 1 aromatic heterocycles. The van der Waals surface area contributed by atoms with Gasteiger partial charge in [-0.2, -0.15) is 4.98 Å². The van der Waals surface area contributed by atoms with E-state index < -0.39 is 0 Å². The number of rotatable bonds is 7. The zero-order valence-electron chi connectivity index (χ0n) is 16.3. The number of likely N-dealkylation sites (tertiary alicyclic amines) is 1. The lowest BCUT2D eigenvalue weighted by Gasteiger charge is -2.22. The fourth-order valence-corrected chi connectivity index (χ4v) is 3.17. The summed E-state index contributed by atoms with van der Waals surface area (Å²) in [5.41, 5.74) is 0. The average molecular weight is 463 g/mol. The number of guanidine groups is 1. The Morgan fingerprint density at radius 2 is 2.12 bits per heavy atom. The third kappa shape index (κ3) is 7.11. The summed E-state index contributed by atoms with van der Waals surface area (Å²) in [6.07, 6.45) is 3.26. The van der Waals surface area contributed by atoms with Gasteiger partial charge >= 0.3 is 0 Å². The van der Waals surface area contributed by atoms with Crippen LogP contribution in [0.15, 0.2) is 9.52 Å². The van der Waals surface area contributed by atoms with Crippen LogP contribution in [0, 0.1) is 11.8 Å². The van der Waals surface area contributed by atoms with Gasteiger partial charge in [-0.1, -0.05) is 32.9 Å². The topological polar surface area (TPSA) is 66.5 Å². The summed E-state index contributed by atoms with van der Waals surface area (Å²) in [4.78, 5) is 11.6. The predicted octanol–water partition coefficient (Wildman–Crippen LogP) is 3.69. The third-order valence-electron chi connectivity index (χ3n) is 4.31. The number of aliphatic imine (C=N–C) groups is 1. The van der Waals surface area contributed by atoms with Crippen LogP contribution in [0.3, 0.4) is 0 Å². The van der Waals surface area contributed by atoms with Crippen LogP contribution in [0.1, 0.15) is 65.1 Å². The summed E-state index contributed by atoms with van der Waals surface area (Å²) >= 11 is 0. The fourth-order valence-electron chi connectivity index (χ4n) is 3.17. The maximum absolute atomic E-state index is 5.29. The van der Waals surface area contributed by atoms with E-state index >= 15 is 0 Å². The van der Waals surface area contributed by atoms with E-state index in [4.69, 9.17) is 9.52 Å². The van der Waals surface area contributed by atoms with Crippen molar-refractivity contribution in [1.82, 2.24) is 20.4 Å². The van der Waals surface area contributed by atoms with Crippen molar-refractivity contribution in [3.63, 3.8) is 0 Å². The SMILES string of the molecule is CCNC(=NCCc1nc(C(C)C)no1)N1CCC(CC(C)C)C1.I. The average Bonchev–Trinajstić information content (AvgIpc) is 3.15. The zero-order valence-corrected chi connectivity index (χ0v) is 18.6. The standard InChI is InChI=1S/C18H33N5O.HI/c1-6-19-18(23-10-8-15(12-23)11-13(2)3)20-9-7-16-21-17(14(4)5)22-24-16;/h13-15H,6-12H2,1-5H3,(H,19,20);1H. The molecule has 0 aromatic carbocycles. The lowest BCUT2D eigenvalue weighted by molar-refractivity contribution is 0.372. The van der Waals surface area contributed by atoms with Gasteiger partial charge in [-0.15, -0.1) is 24.0 Å². The van der Waals surface area contributed by atoms with E-state index in [-0.39, 0.29) is 24.0 Å². The van der Waals surface area contributed by atoms with Crippen molar-refractivity contribution >= 4 is 29.9 Å². The minimum absolute atomic E-state index is 0. The Morgan fingerprint density at radius 3 is 2.72 bits per heavy atom. The van der Waals surface area contributed by atoms with Gasteiger partial charge in [0.05, 0.1) is 6.54 Å². The molecular formula is C18H34IN5O. The van der Waals surface area contributed by atoms with Crippen LogP contribution in [-0.2, 0) is 6.42 Å². The second-order valence-corrected chi connectivity index (χ2v) is 7.42. The van der Waals surface area contributed by atoms with Gasteiger partial charge in [0.1, 0.15) is 0 Å². The molecule has 0 amide bonds. The highest BCUT2D eigenvalue weighted by Crippen LogP contribution is 2.23. The molecule has 2 rings (SSSR count). The van der Waals surface area contributed by atoms with Gasteiger partial charge in [0.15, 0.2) is 11.8 Å². The van der Waals surface area contributed by atoms with Crippen molar-refractivity contribution in [3.05, 3.63) is 11.7 Å². The Labute approximate surface area is 169 Å². The van der Waals surface area contributed by atoms with Crippen molar-refractivity contribution < 1.29 is 4.52 Å². The molecule has 0 saturated carbocycles. The molecule has 1 saturated heterocycles. The summed E-state index contributed by atoms with van der Waals surface area (Å²) in [7, 11) is 0. The van der Waals surface area contributed by atoms with E-state index in [1.807, 2.05) is 0 Å². The van der Waals surface area contributed by atoms with Crippen molar-refractivity contribution in [2.75, 3.05) is 26.2 Å². The van der Waals surface area contributed by atoms with Crippen LogP contribution < -0.4 is 5.32 Å². The summed E-state index contributed by atoms with van der Waals surface area (Å²) in [6, 6.07) is 0. The van der Waals surface area contributed by atoms with Gasteiger partial charge in [-0.3, -0.25) is 4.99 Å². The van der Waals surface area contributed by atoms with E-state index in [0.717, 1.165) is 43.3 Å². The Bertz CT molecular complexity index is 529. The molecule has 0 radical (unpaired) electrons. The van der Waals surface area contributed by atoms with E-state index in [1.165, 1.54) is 12.8 Å². The molecule has 1 aliphatic rings. The highest BCUT2D eigenvalue weighted by atomic mass is 127. The second-order valence-electron chi connectivity index (χ2n) is 7.42. The Balaban J connectivity index is 0.00000312. The first-order valence-corrected chi connectivity index (χ1v) is 9.35. The van der Waals surface area contributed by atoms with Crippen molar-refractivity contribution in [3.8, 4) is 0 Å². The lowest BCUT2D eigenvalue weighted by Crippen LogP contribution is -2.40. The van der Waals surface area contributed by atoms with Crippen LogP contribution in [0.25, 0.3) is 0 Å². The molecular weight excluding hydrogens is 429 g/mol. The molecule has 6 nitrogen and oxygen atoms in total. The quantitative estimate of drug-likeness (QED) is 0.380. The van der Waals surface area contributed by atoms with Crippen LogP contribution in [0.5, 0.6) is 0 Å². The van der Waals surface area contributed by atoms with E-state index in [2.05, 4.69) is 55.0 Å². The molecule has 0 bridgehead atoms. The van der Waals surface area contributed by atoms with E-state index in [1.54, 1.807) is 0 Å². The van der Waals surface area contributed by atoms with Gasteiger partial charge in [0, 0.05) is 32.0 Å². The minimum atomic E-state index is 0. The lowest BCUT2D eigenvalue weighted by atomic mass is 9.97. The molecule has 7 heteroatoms. The third-order valence-corrected chi connectivity index (χ3v) is 4.31. The summed E-state index contributed by atoms with van der Waals surface area (Å²) < 4.78 is 5.29. The van der Waals surface area contributed by atoms with Crippen LogP contribution >= 0.6 is 24.0 Å². The molecule has 1 atom stereocenters. The normalized spacial score (nSPS) is 18.1. The first-order valence-electron chi connectivity index (χ1n) is 9.35. The number of nitrogens with zero attached hydrogens (tertiary/aromatic N) is 4. The van der Waals surface area contributed by atoms with Crippen LogP contribution in [-0.4, -0.2) is 47.2 Å². The summed E-state index contributed by atoms with van der Waals surface area (Å²) in [5, 5.41) is 7.42. The second kappa shape index (κ2) is 11.0. The highest BCUT2D eigenvalue weighted by Gasteiger charge is 2.25. The molecule has 25 heavy (non-hydrogen) atoms. The molecule has 1 aliphatic heterocycles. The van der Waals surface area contributed by atoms with E-state index in [0.29, 0.717) is 24.8 Å². The van der Waals surface area contributed by atoms with Crippen molar-refractivity contribution in [1.29, 1.82) is 0 Å². The van der Waals surface area contributed by atoms with Crippen LogP contribution in [0.2, 0.25) is 0 Å². The van der Waals surface area contributed by atoms with Crippen molar-refractivity contribution in [2.45, 2.75) is 59.8 Å². The molecule has 0 aliphatic carbocycles. The predicted molar refractivity (Wildman–Crippen MR) is 113 cm³/mol. The largest absolute Gasteiger partial charge is 0.357 e. The highest BCUT2D eigenvalue weighted by molar-refractivity contribution is 14.0. The smallest absolute Gasteiger partial charge is 0.228 e.